The summed E-state index contributed by atoms with van der Waals surface area (Å²) in [5, 5.41) is 0. The van der Waals surface area contributed by atoms with Crippen molar-refractivity contribution in [1.82, 2.24) is 6.15 Å². The molecule has 0 aliphatic heterocycles. The van der Waals surface area contributed by atoms with Gasteiger partial charge in [-0.2, -0.15) is 0 Å². The van der Waals surface area contributed by atoms with Crippen molar-refractivity contribution in [2.24, 2.45) is 5.73 Å². The summed E-state index contributed by atoms with van der Waals surface area (Å²) >= 11 is 0. The van der Waals surface area contributed by atoms with Crippen molar-refractivity contribution >= 4 is 0 Å². The maximum atomic E-state index is 5.90. The fourth-order valence-electron chi connectivity index (χ4n) is 0.750. The molecule has 0 rings (SSSR count). The molecule has 5 N–H and O–H groups in total. The van der Waals surface area contributed by atoms with Gasteiger partial charge < -0.3 is 11.9 Å². The zero-order valence-corrected chi connectivity index (χ0v) is 6.91. The van der Waals surface area contributed by atoms with Crippen LogP contribution in [0.4, 0.5) is 0 Å². The summed E-state index contributed by atoms with van der Waals surface area (Å²) in [4.78, 5) is 0. The minimum atomic E-state index is 0. The van der Waals surface area contributed by atoms with Gasteiger partial charge in [0.15, 0.2) is 0 Å². The summed E-state index contributed by atoms with van der Waals surface area (Å²) in [5.41, 5.74) is 6.02. The zero-order valence-electron chi connectivity index (χ0n) is 6.91. The van der Waals surface area contributed by atoms with Crippen LogP contribution in [0.3, 0.4) is 0 Å². The molecular formula is C7H20N2. The maximum Gasteiger partial charge on any atom is 0.0146 e. The third kappa shape index (κ3) is 3.49. The van der Waals surface area contributed by atoms with Crippen LogP contribution in [0.25, 0.3) is 0 Å². The van der Waals surface area contributed by atoms with Crippen molar-refractivity contribution in [2.45, 2.75) is 45.6 Å². The molecule has 0 spiro atoms. The molecule has 58 valence electrons. The van der Waals surface area contributed by atoms with Crippen LogP contribution >= 0.6 is 0 Å². The molecule has 0 aliphatic carbocycles. The van der Waals surface area contributed by atoms with E-state index in [0.29, 0.717) is 0 Å². The molecule has 0 fully saturated rings. The van der Waals surface area contributed by atoms with Crippen molar-refractivity contribution in [3.63, 3.8) is 0 Å². The van der Waals surface area contributed by atoms with Crippen LogP contribution in [0, 0.1) is 0 Å². The van der Waals surface area contributed by atoms with Gasteiger partial charge in [-0.05, 0) is 19.3 Å². The fraction of sp³-hybridized carbons (Fsp3) is 1.00. The first-order chi connectivity index (χ1) is 3.68. The van der Waals surface area contributed by atoms with E-state index in [0.717, 1.165) is 19.3 Å². The van der Waals surface area contributed by atoms with Crippen LogP contribution in [0.2, 0.25) is 0 Å². The number of hydrogen-bond donors (Lipinski definition) is 2. The molecule has 0 unspecified atom stereocenters. The topological polar surface area (TPSA) is 61.0 Å². The van der Waals surface area contributed by atoms with Gasteiger partial charge in [-0.25, -0.2) is 0 Å². The lowest BCUT2D eigenvalue weighted by molar-refractivity contribution is 0.383. The average molecular weight is 132 g/mol. The second-order valence-corrected chi connectivity index (χ2v) is 2.42. The Balaban J connectivity index is 0. The second kappa shape index (κ2) is 4.77. The lowest BCUT2D eigenvalue weighted by Gasteiger charge is -2.23. The standard InChI is InChI=1S/C7H17N.H3N/c1-4-7(8,5-2)6-3;/h4-6,8H2,1-3H3;1H3. The van der Waals surface area contributed by atoms with Crippen molar-refractivity contribution in [1.29, 1.82) is 0 Å². The van der Waals surface area contributed by atoms with E-state index in [2.05, 4.69) is 20.8 Å². The third-order valence-electron chi connectivity index (χ3n) is 2.11. The quantitative estimate of drug-likeness (QED) is 0.617. The van der Waals surface area contributed by atoms with Gasteiger partial charge >= 0.3 is 0 Å². The third-order valence-corrected chi connectivity index (χ3v) is 2.11. The van der Waals surface area contributed by atoms with Crippen LogP contribution in [0.1, 0.15) is 40.0 Å². The van der Waals surface area contributed by atoms with E-state index in [-0.39, 0.29) is 11.7 Å². The number of nitrogens with two attached hydrogens (primary N) is 1. The van der Waals surface area contributed by atoms with E-state index in [1.54, 1.807) is 0 Å². The minimum absolute atomic E-state index is 0. The predicted molar refractivity (Wildman–Crippen MR) is 42.8 cm³/mol. The molecule has 0 aromatic carbocycles. The van der Waals surface area contributed by atoms with Crippen molar-refractivity contribution in [3.8, 4) is 0 Å². The number of rotatable bonds is 3. The Labute approximate surface area is 58.4 Å². The first kappa shape index (κ1) is 11.7. The first-order valence-corrected chi connectivity index (χ1v) is 3.47. The van der Waals surface area contributed by atoms with Gasteiger partial charge in [0.1, 0.15) is 0 Å². The van der Waals surface area contributed by atoms with Crippen LogP contribution in [-0.4, -0.2) is 5.54 Å². The SMILES string of the molecule is CCC(N)(CC)CC.N. The fourth-order valence-corrected chi connectivity index (χ4v) is 0.750. The molecule has 0 aromatic heterocycles. The van der Waals surface area contributed by atoms with Crippen LogP contribution in [-0.2, 0) is 0 Å². The van der Waals surface area contributed by atoms with E-state index >= 15 is 0 Å². The molecule has 0 aliphatic rings. The maximum absolute atomic E-state index is 5.90. The van der Waals surface area contributed by atoms with Crippen LogP contribution in [0.15, 0.2) is 0 Å². The molecule has 2 heteroatoms. The van der Waals surface area contributed by atoms with E-state index in [1.807, 2.05) is 0 Å². The highest BCUT2D eigenvalue weighted by Gasteiger charge is 2.15. The summed E-state index contributed by atoms with van der Waals surface area (Å²) in [7, 11) is 0. The summed E-state index contributed by atoms with van der Waals surface area (Å²) in [5.74, 6) is 0. The molecule has 0 saturated heterocycles. The second-order valence-electron chi connectivity index (χ2n) is 2.42. The summed E-state index contributed by atoms with van der Waals surface area (Å²) < 4.78 is 0. The van der Waals surface area contributed by atoms with E-state index in [4.69, 9.17) is 5.73 Å². The Morgan fingerprint density at radius 1 is 1.00 bits per heavy atom. The molecule has 0 amide bonds. The molecule has 0 radical (unpaired) electrons. The first-order valence-electron chi connectivity index (χ1n) is 3.47. The highest BCUT2D eigenvalue weighted by Crippen LogP contribution is 2.14. The summed E-state index contributed by atoms with van der Waals surface area (Å²) in [6.45, 7) is 6.44. The Morgan fingerprint density at radius 3 is 1.22 bits per heavy atom. The summed E-state index contributed by atoms with van der Waals surface area (Å²) in [6, 6.07) is 0. The zero-order chi connectivity index (χ0) is 6.62. The molecular weight excluding hydrogens is 112 g/mol. The van der Waals surface area contributed by atoms with Crippen molar-refractivity contribution < 1.29 is 0 Å². The summed E-state index contributed by atoms with van der Waals surface area (Å²) in [6.07, 6.45) is 3.29. The van der Waals surface area contributed by atoms with E-state index < -0.39 is 0 Å². The highest BCUT2D eigenvalue weighted by atomic mass is 14.7. The van der Waals surface area contributed by atoms with E-state index in [9.17, 15) is 0 Å². The molecule has 0 bridgehead atoms. The molecule has 0 atom stereocenters. The van der Waals surface area contributed by atoms with Gasteiger partial charge in [0, 0.05) is 5.54 Å². The largest absolute Gasteiger partial charge is 0.344 e. The predicted octanol–water partition coefficient (Wildman–Crippen LogP) is 2.08. The van der Waals surface area contributed by atoms with Crippen LogP contribution < -0.4 is 11.9 Å². The van der Waals surface area contributed by atoms with E-state index in [1.165, 1.54) is 0 Å². The Kier molecular flexibility index (Phi) is 6.19. The average Bonchev–Trinajstić information content (AvgIpc) is 1.87. The minimum Gasteiger partial charge on any atom is -0.344 e. The van der Waals surface area contributed by atoms with Crippen LogP contribution in [0.5, 0.6) is 0 Å². The Bertz CT molecular complexity index is 49.7. The van der Waals surface area contributed by atoms with Gasteiger partial charge in [-0.3, -0.25) is 0 Å². The normalized spacial score (nSPS) is 10.7. The lowest BCUT2D eigenvalue weighted by Crippen LogP contribution is -2.37. The molecule has 9 heavy (non-hydrogen) atoms. The lowest BCUT2D eigenvalue weighted by atomic mass is 9.92. The van der Waals surface area contributed by atoms with Crippen molar-refractivity contribution in [2.75, 3.05) is 0 Å². The molecule has 0 aromatic rings. The van der Waals surface area contributed by atoms with Gasteiger partial charge in [-0.1, -0.05) is 20.8 Å². The Morgan fingerprint density at radius 2 is 1.22 bits per heavy atom. The van der Waals surface area contributed by atoms with Gasteiger partial charge in [-0.15, -0.1) is 0 Å². The molecule has 0 heterocycles. The monoisotopic (exact) mass is 132 g/mol. The number of hydrogen-bond acceptors (Lipinski definition) is 2. The van der Waals surface area contributed by atoms with Crippen molar-refractivity contribution in [3.05, 3.63) is 0 Å². The Hall–Kier alpha value is -0.0800. The smallest absolute Gasteiger partial charge is 0.0146 e. The van der Waals surface area contributed by atoms with Gasteiger partial charge in [0.05, 0.1) is 0 Å². The van der Waals surface area contributed by atoms with Gasteiger partial charge in [0.2, 0.25) is 0 Å². The molecule has 0 saturated carbocycles. The molecule has 2 nitrogen and oxygen atoms in total. The highest BCUT2D eigenvalue weighted by molar-refractivity contribution is 4.77. The van der Waals surface area contributed by atoms with Gasteiger partial charge in [0.25, 0.3) is 0 Å².